The van der Waals surface area contributed by atoms with Crippen LogP contribution in [0.2, 0.25) is 5.02 Å². The zero-order chi connectivity index (χ0) is 17.0. The van der Waals surface area contributed by atoms with Crippen LogP contribution >= 0.6 is 11.6 Å². The van der Waals surface area contributed by atoms with E-state index in [1.807, 2.05) is 19.9 Å². The maximum atomic E-state index is 12.4. The molecule has 5 heteroatoms. The predicted octanol–water partition coefficient (Wildman–Crippen LogP) is 4.39. The van der Waals surface area contributed by atoms with E-state index < -0.39 is 5.97 Å². The lowest BCUT2D eigenvalue weighted by atomic mass is 10.1. The summed E-state index contributed by atoms with van der Waals surface area (Å²) in [7, 11) is 0. The van der Waals surface area contributed by atoms with Gasteiger partial charge in [-0.2, -0.15) is 0 Å². The number of esters is 1. The molecule has 0 aliphatic carbocycles. The van der Waals surface area contributed by atoms with E-state index in [4.69, 9.17) is 16.3 Å². The Morgan fingerprint density at radius 2 is 1.87 bits per heavy atom. The molecule has 0 heterocycles. The maximum absolute atomic E-state index is 12.4. The highest BCUT2D eigenvalue weighted by molar-refractivity contribution is 6.34. The lowest BCUT2D eigenvalue weighted by molar-refractivity contribution is 0.0526. The van der Waals surface area contributed by atoms with Gasteiger partial charge < -0.3 is 10.1 Å². The van der Waals surface area contributed by atoms with Gasteiger partial charge in [0.15, 0.2) is 0 Å². The first-order chi connectivity index (χ1) is 10.9. The number of anilines is 1. The SMILES string of the molecule is CCOC(=O)c1ccc(C)c(NC(=O)c2ccc(C)cc2Cl)c1. The summed E-state index contributed by atoms with van der Waals surface area (Å²) in [5, 5.41) is 3.18. The van der Waals surface area contributed by atoms with Crippen LogP contribution in [-0.2, 0) is 4.74 Å². The van der Waals surface area contributed by atoms with Crippen LogP contribution in [0.25, 0.3) is 0 Å². The summed E-state index contributed by atoms with van der Waals surface area (Å²) < 4.78 is 4.97. The molecule has 0 fully saturated rings. The quantitative estimate of drug-likeness (QED) is 0.845. The molecule has 0 saturated heterocycles. The van der Waals surface area contributed by atoms with Crippen molar-refractivity contribution >= 4 is 29.2 Å². The Kier molecular flexibility index (Phi) is 5.40. The third-order valence-electron chi connectivity index (χ3n) is 3.37. The van der Waals surface area contributed by atoms with Gasteiger partial charge in [-0.05, 0) is 56.2 Å². The minimum absolute atomic E-state index is 0.299. The average molecular weight is 332 g/mol. The van der Waals surface area contributed by atoms with E-state index in [-0.39, 0.29) is 5.91 Å². The highest BCUT2D eigenvalue weighted by atomic mass is 35.5. The first-order valence-corrected chi connectivity index (χ1v) is 7.65. The van der Waals surface area contributed by atoms with Gasteiger partial charge in [0.1, 0.15) is 0 Å². The molecule has 0 atom stereocenters. The Hall–Kier alpha value is -2.33. The number of carbonyl (C=O) groups excluding carboxylic acids is 2. The van der Waals surface area contributed by atoms with Gasteiger partial charge >= 0.3 is 5.97 Å². The summed E-state index contributed by atoms with van der Waals surface area (Å²) in [5.74, 6) is -0.740. The number of hydrogen-bond acceptors (Lipinski definition) is 3. The molecule has 0 spiro atoms. The molecule has 0 aliphatic heterocycles. The van der Waals surface area contributed by atoms with Crippen molar-refractivity contribution in [3.8, 4) is 0 Å². The molecule has 2 aromatic rings. The first-order valence-electron chi connectivity index (χ1n) is 7.27. The number of ether oxygens (including phenoxy) is 1. The minimum atomic E-state index is -0.420. The molecule has 0 aliphatic rings. The predicted molar refractivity (Wildman–Crippen MR) is 91.3 cm³/mol. The largest absolute Gasteiger partial charge is 0.462 e. The van der Waals surface area contributed by atoms with Crippen LogP contribution in [0.4, 0.5) is 5.69 Å². The zero-order valence-corrected chi connectivity index (χ0v) is 14.0. The second-order valence-electron chi connectivity index (χ2n) is 5.19. The van der Waals surface area contributed by atoms with E-state index in [1.54, 1.807) is 37.3 Å². The topological polar surface area (TPSA) is 55.4 Å². The van der Waals surface area contributed by atoms with Gasteiger partial charge in [0, 0.05) is 5.69 Å². The average Bonchev–Trinajstić information content (AvgIpc) is 2.49. The van der Waals surface area contributed by atoms with Crippen molar-refractivity contribution in [3.63, 3.8) is 0 Å². The van der Waals surface area contributed by atoms with Gasteiger partial charge in [-0.1, -0.05) is 23.7 Å². The van der Waals surface area contributed by atoms with Gasteiger partial charge in [0.05, 0.1) is 22.8 Å². The molecule has 23 heavy (non-hydrogen) atoms. The van der Waals surface area contributed by atoms with E-state index in [0.29, 0.717) is 28.4 Å². The summed E-state index contributed by atoms with van der Waals surface area (Å²) in [6.07, 6.45) is 0. The fraction of sp³-hybridized carbons (Fsp3) is 0.222. The van der Waals surface area contributed by atoms with Crippen LogP contribution in [-0.4, -0.2) is 18.5 Å². The molecule has 4 nitrogen and oxygen atoms in total. The van der Waals surface area contributed by atoms with Gasteiger partial charge in [0.2, 0.25) is 0 Å². The van der Waals surface area contributed by atoms with Crippen LogP contribution in [0.5, 0.6) is 0 Å². The van der Waals surface area contributed by atoms with Gasteiger partial charge in [-0.25, -0.2) is 4.79 Å². The molecule has 1 N–H and O–H groups in total. The fourth-order valence-electron chi connectivity index (χ4n) is 2.09. The Morgan fingerprint density at radius 1 is 1.13 bits per heavy atom. The number of nitrogens with one attached hydrogen (secondary N) is 1. The monoisotopic (exact) mass is 331 g/mol. The normalized spacial score (nSPS) is 10.3. The van der Waals surface area contributed by atoms with E-state index in [1.165, 1.54) is 0 Å². The Balaban J connectivity index is 2.26. The van der Waals surface area contributed by atoms with Gasteiger partial charge in [-0.3, -0.25) is 4.79 Å². The van der Waals surface area contributed by atoms with E-state index in [0.717, 1.165) is 11.1 Å². The fourth-order valence-corrected chi connectivity index (χ4v) is 2.41. The molecule has 1 amide bonds. The summed E-state index contributed by atoms with van der Waals surface area (Å²) >= 11 is 6.12. The molecule has 0 bridgehead atoms. The zero-order valence-electron chi connectivity index (χ0n) is 13.3. The van der Waals surface area contributed by atoms with Crippen molar-refractivity contribution in [2.45, 2.75) is 20.8 Å². The number of benzene rings is 2. The number of halogens is 1. The summed E-state index contributed by atoms with van der Waals surface area (Å²) in [6, 6.07) is 10.3. The van der Waals surface area contributed by atoms with Crippen LogP contribution < -0.4 is 5.32 Å². The molecular formula is C18H18ClNO3. The van der Waals surface area contributed by atoms with Crippen molar-refractivity contribution in [2.75, 3.05) is 11.9 Å². The first kappa shape index (κ1) is 17.0. The molecule has 0 aromatic heterocycles. The van der Waals surface area contributed by atoms with Crippen molar-refractivity contribution in [1.29, 1.82) is 0 Å². The lowest BCUT2D eigenvalue weighted by Crippen LogP contribution is -2.14. The third kappa shape index (κ3) is 4.11. The molecule has 0 unspecified atom stereocenters. The van der Waals surface area contributed by atoms with E-state index >= 15 is 0 Å². The maximum Gasteiger partial charge on any atom is 0.338 e. The van der Waals surface area contributed by atoms with E-state index in [9.17, 15) is 9.59 Å². The Labute approximate surface area is 140 Å². The molecule has 2 aromatic carbocycles. The molecule has 120 valence electrons. The molecular weight excluding hydrogens is 314 g/mol. The van der Waals surface area contributed by atoms with Crippen LogP contribution in [0.1, 0.15) is 38.8 Å². The highest BCUT2D eigenvalue weighted by Crippen LogP contribution is 2.22. The van der Waals surface area contributed by atoms with Crippen molar-refractivity contribution < 1.29 is 14.3 Å². The minimum Gasteiger partial charge on any atom is -0.462 e. The van der Waals surface area contributed by atoms with Crippen molar-refractivity contribution in [2.24, 2.45) is 0 Å². The number of amides is 1. The smallest absolute Gasteiger partial charge is 0.338 e. The highest BCUT2D eigenvalue weighted by Gasteiger charge is 2.14. The second-order valence-corrected chi connectivity index (χ2v) is 5.59. The van der Waals surface area contributed by atoms with Crippen LogP contribution in [0, 0.1) is 13.8 Å². The third-order valence-corrected chi connectivity index (χ3v) is 3.68. The van der Waals surface area contributed by atoms with Crippen molar-refractivity contribution in [1.82, 2.24) is 0 Å². The van der Waals surface area contributed by atoms with Crippen LogP contribution in [0.15, 0.2) is 36.4 Å². The molecule has 0 saturated carbocycles. The second kappa shape index (κ2) is 7.29. The standard InChI is InChI=1S/C18H18ClNO3/c1-4-23-18(22)13-7-6-12(3)16(10-13)20-17(21)14-8-5-11(2)9-15(14)19/h5-10H,4H2,1-3H3,(H,20,21). The number of hydrogen-bond donors (Lipinski definition) is 1. The summed E-state index contributed by atoms with van der Waals surface area (Å²) in [5.41, 5.74) is 3.15. The lowest BCUT2D eigenvalue weighted by Gasteiger charge is -2.11. The number of rotatable bonds is 4. The molecule has 2 rings (SSSR count). The van der Waals surface area contributed by atoms with Crippen LogP contribution in [0.3, 0.4) is 0 Å². The Morgan fingerprint density at radius 3 is 2.52 bits per heavy atom. The van der Waals surface area contributed by atoms with Gasteiger partial charge in [0.25, 0.3) is 5.91 Å². The van der Waals surface area contributed by atoms with Gasteiger partial charge in [-0.15, -0.1) is 0 Å². The number of carbonyl (C=O) groups is 2. The molecule has 0 radical (unpaired) electrons. The van der Waals surface area contributed by atoms with E-state index in [2.05, 4.69) is 5.32 Å². The summed E-state index contributed by atoms with van der Waals surface area (Å²) in [4.78, 5) is 24.2. The van der Waals surface area contributed by atoms with Crippen molar-refractivity contribution in [3.05, 3.63) is 63.7 Å². The Bertz CT molecular complexity index is 756. The number of aryl methyl sites for hydroxylation is 2. The summed E-state index contributed by atoms with van der Waals surface area (Å²) in [6.45, 7) is 5.80.